The summed E-state index contributed by atoms with van der Waals surface area (Å²) in [5.41, 5.74) is 7.97. The number of rotatable bonds is 4. The van der Waals surface area contributed by atoms with Gasteiger partial charge in [-0.05, 0) is 31.6 Å². The zero-order valence-electron chi connectivity index (χ0n) is 17.4. The Morgan fingerprint density at radius 1 is 1.28 bits per heavy atom. The highest BCUT2D eigenvalue weighted by Gasteiger charge is 2.49. The van der Waals surface area contributed by atoms with Crippen molar-refractivity contribution in [3.05, 3.63) is 17.7 Å². The van der Waals surface area contributed by atoms with Crippen LogP contribution >= 0.6 is 0 Å². The number of nitrogens with two attached hydrogens (primary N) is 1. The molecule has 4 rings (SSSR count). The van der Waals surface area contributed by atoms with Gasteiger partial charge in [0.05, 0.1) is 23.6 Å². The summed E-state index contributed by atoms with van der Waals surface area (Å²) in [6.45, 7) is 1.91. The summed E-state index contributed by atoms with van der Waals surface area (Å²) < 4.78 is 5.12. The van der Waals surface area contributed by atoms with E-state index < -0.39 is 11.6 Å². The number of hydrogen-bond acceptors (Lipinski definition) is 5. The van der Waals surface area contributed by atoms with Crippen molar-refractivity contribution in [3.63, 3.8) is 0 Å². The zero-order valence-corrected chi connectivity index (χ0v) is 17.4. The Morgan fingerprint density at radius 3 is 2.69 bits per heavy atom. The summed E-state index contributed by atoms with van der Waals surface area (Å²) in [6.07, 6.45) is 9.56. The summed E-state index contributed by atoms with van der Waals surface area (Å²) in [4.78, 5) is 37.5. The molecular formula is C21H33N5O3. The quantitative estimate of drug-likeness (QED) is 0.785. The predicted molar refractivity (Wildman–Crippen MR) is 108 cm³/mol. The summed E-state index contributed by atoms with van der Waals surface area (Å²) in [5, 5.41) is 0. The molecule has 0 radical (unpaired) electrons. The molecule has 1 aromatic rings. The fraction of sp³-hybridized carbons (Fsp3) is 0.762. The number of piperidine rings is 1. The van der Waals surface area contributed by atoms with Crippen molar-refractivity contribution in [1.82, 2.24) is 19.8 Å². The van der Waals surface area contributed by atoms with Crippen molar-refractivity contribution < 1.29 is 14.3 Å². The highest BCUT2D eigenvalue weighted by atomic mass is 16.5. The molecule has 1 spiro atoms. The van der Waals surface area contributed by atoms with Gasteiger partial charge in [0.2, 0.25) is 11.8 Å². The number of hydrogen-bond donors (Lipinski definition) is 2. The number of aromatic nitrogens is 2. The molecule has 1 atom stereocenters. The fourth-order valence-corrected chi connectivity index (χ4v) is 5.55. The van der Waals surface area contributed by atoms with E-state index in [2.05, 4.69) is 9.97 Å². The largest absolute Gasteiger partial charge is 0.375 e. The van der Waals surface area contributed by atoms with Crippen LogP contribution in [0.25, 0.3) is 0 Å². The third-order valence-corrected chi connectivity index (χ3v) is 7.18. The Balaban J connectivity index is 1.49. The van der Waals surface area contributed by atoms with Gasteiger partial charge >= 0.3 is 0 Å². The number of H-pyrrole nitrogens is 1. The minimum Gasteiger partial charge on any atom is -0.375 e. The Morgan fingerprint density at radius 2 is 2.00 bits per heavy atom. The maximum atomic E-state index is 13.1. The van der Waals surface area contributed by atoms with Gasteiger partial charge in [0.25, 0.3) is 0 Å². The Bertz CT molecular complexity index is 734. The number of amides is 2. The minimum atomic E-state index is -0.463. The lowest BCUT2D eigenvalue weighted by Crippen LogP contribution is -2.61. The lowest BCUT2D eigenvalue weighted by molar-refractivity contribution is -0.148. The third-order valence-electron chi connectivity index (χ3n) is 7.18. The molecule has 1 saturated heterocycles. The van der Waals surface area contributed by atoms with Gasteiger partial charge < -0.3 is 25.3 Å². The van der Waals surface area contributed by atoms with Gasteiger partial charge in [-0.15, -0.1) is 0 Å². The molecule has 2 aliphatic heterocycles. The van der Waals surface area contributed by atoms with E-state index in [1.165, 1.54) is 19.3 Å². The molecule has 2 amide bonds. The van der Waals surface area contributed by atoms with Crippen LogP contribution in [0.15, 0.2) is 6.33 Å². The number of carbonyl (C=O) groups excluding carboxylic acids is 2. The molecule has 3 N–H and O–H groups in total. The Kier molecular flexibility index (Phi) is 5.92. The van der Waals surface area contributed by atoms with Crippen molar-refractivity contribution in [2.24, 2.45) is 11.7 Å². The molecule has 160 valence electrons. The van der Waals surface area contributed by atoms with Gasteiger partial charge in [-0.1, -0.05) is 19.3 Å². The summed E-state index contributed by atoms with van der Waals surface area (Å²) in [6, 6.07) is -0.400. The van der Waals surface area contributed by atoms with Crippen LogP contribution in [0, 0.1) is 5.92 Å². The summed E-state index contributed by atoms with van der Waals surface area (Å²) in [7, 11) is 1.54. The highest BCUT2D eigenvalue weighted by molar-refractivity contribution is 5.82. The number of ether oxygens (including phenoxy) is 1. The van der Waals surface area contributed by atoms with E-state index in [9.17, 15) is 9.59 Å². The topological polar surface area (TPSA) is 105 Å². The molecular weight excluding hydrogens is 370 g/mol. The standard InChI is InChI=1S/C21H33N5O3/c1-29-13-17(27)26-10-7-16-19(24-14-23-16)21(26)8-11-25(12-9-21)20(28)18(22)15-5-3-2-4-6-15/h14-15,18H,2-13,22H2,1H3,(H,23,24)/t18-/m1/s1. The number of imidazole rings is 1. The summed E-state index contributed by atoms with van der Waals surface area (Å²) >= 11 is 0. The first-order valence-corrected chi connectivity index (χ1v) is 10.9. The SMILES string of the molecule is COCC(=O)N1CCc2[nH]cnc2C12CCN(C(=O)[C@H](N)C1CCCCC1)CC2. The molecule has 3 heterocycles. The van der Waals surface area contributed by atoms with Gasteiger partial charge in [0.15, 0.2) is 0 Å². The normalized spacial score (nSPS) is 23.1. The average Bonchev–Trinajstić information content (AvgIpc) is 3.24. The molecule has 1 aliphatic carbocycles. The molecule has 29 heavy (non-hydrogen) atoms. The number of fused-ring (bicyclic) bond motifs is 2. The van der Waals surface area contributed by atoms with Crippen LogP contribution in [0.3, 0.4) is 0 Å². The van der Waals surface area contributed by atoms with Crippen LogP contribution in [0.1, 0.15) is 56.3 Å². The van der Waals surface area contributed by atoms with E-state index in [0.29, 0.717) is 38.4 Å². The van der Waals surface area contributed by atoms with Crippen LogP contribution in [-0.4, -0.2) is 71.0 Å². The van der Waals surface area contributed by atoms with E-state index in [1.54, 1.807) is 13.4 Å². The number of methoxy groups -OCH3 is 1. The van der Waals surface area contributed by atoms with E-state index in [1.807, 2.05) is 9.80 Å². The van der Waals surface area contributed by atoms with Crippen molar-refractivity contribution in [3.8, 4) is 0 Å². The predicted octanol–water partition coefficient (Wildman–Crippen LogP) is 1.17. The van der Waals surface area contributed by atoms with Gasteiger partial charge in [0.1, 0.15) is 6.61 Å². The smallest absolute Gasteiger partial charge is 0.249 e. The molecule has 0 unspecified atom stereocenters. The van der Waals surface area contributed by atoms with Gasteiger partial charge in [-0.3, -0.25) is 9.59 Å². The van der Waals surface area contributed by atoms with Gasteiger partial charge in [-0.25, -0.2) is 4.98 Å². The lowest BCUT2D eigenvalue weighted by atomic mass is 9.78. The molecule has 1 aromatic heterocycles. The monoisotopic (exact) mass is 403 g/mol. The number of likely N-dealkylation sites (tertiary alicyclic amines) is 1. The Hall–Kier alpha value is -1.93. The Labute approximate surface area is 172 Å². The molecule has 8 nitrogen and oxygen atoms in total. The second kappa shape index (κ2) is 8.44. The van der Waals surface area contributed by atoms with Crippen LogP contribution in [-0.2, 0) is 26.3 Å². The second-order valence-electron chi connectivity index (χ2n) is 8.74. The lowest BCUT2D eigenvalue weighted by Gasteiger charge is -2.50. The summed E-state index contributed by atoms with van der Waals surface area (Å²) in [5.74, 6) is 0.360. The van der Waals surface area contributed by atoms with Crippen molar-refractivity contribution >= 4 is 11.8 Å². The minimum absolute atomic E-state index is 0.0140. The molecule has 0 aromatic carbocycles. The van der Waals surface area contributed by atoms with Crippen LogP contribution in [0.4, 0.5) is 0 Å². The molecule has 1 saturated carbocycles. The van der Waals surface area contributed by atoms with Gasteiger partial charge in [-0.2, -0.15) is 0 Å². The number of nitrogens with one attached hydrogen (secondary N) is 1. The molecule has 0 bridgehead atoms. The first-order chi connectivity index (χ1) is 14.1. The highest BCUT2D eigenvalue weighted by Crippen LogP contribution is 2.42. The number of aromatic amines is 1. The molecule has 2 fully saturated rings. The van der Waals surface area contributed by atoms with Crippen molar-refractivity contribution in [1.29, 1.82) is 0 Å². The van der Waals surface area contributed by atoms with Crippen LogP contribution in [0.5, 0.6) is 0 Å². The van der Waals surface area contributed by atoms with Crippen molar-refractivity contribution in [2.75, 3.05) is 33.4 Å². The molecule has 8 heteroatoms. The van der Waals surface area contributed by atoms with E-state index in [4.69, 9.17) is 10.5 Å². The van der Waals surface area contributed by atoms with Crippen LogP contribution in [0.2, 0.25) is 0 Å². The van der Waals surface area contributed by atoms with Crippen molar-refractivity contribution in [2.45, 2.75) is 62.9 Å². The van der Waals surface area contributed by atoms with E-state index in [0.717, 1.165) is 30.7 Å². The maximum absolute atomic E-state index is 13.1. The van der Waals surface area contributed by atoms with E-state index >= 15 is 0 Å². The van der Waals surface area contributed by atoms with Gasteiger partial charge in [0, 0.05) is 38.9 Å². The molecule has 3 aliphatic rings. The first kappa shape index (κ1) is 20.3. The van der Waals surface area contributed by atoms with Crippen LogP contribution < -0.4 is 5.73 Å². The third kappa shape index (κ3) is 3.68. The number of carbonyl (C=O) groups is 2. The first-order valence-electron chi connectivity index (χ1n) is 10.9. The van der Waals surface area contributed by atoms with E-state index in [-0.39, 0.29) is 18.4 Å². The average molecular weight is 404 g/mol. The second-order valence-corrected chi connectivity index (χ2v) is 8.74. The zero-order chi connectivity index (χ0) is 20.4. The number of nitrogens with zero attached hydrogens (tertiary/aromatic N) is 3. The maximum Gasteiger partial charge on any atom is 0.249 e. The fourth-order valence-electron chi connectivity index (χ4n) is 5.55.